The van der Waals surface area contributed by atoms with E-state index in [-0.39, 0.29) is 5.91 Å². The number of nitrogens with zero attached hydrogens (tertiary/aromatic N) is 1. The number of amides is 1. The molecule has 1 amide bonds. The summed E-state index contributed by atoms with van der Waals surface area (Å²) >= 11 is 0. The lowest BCUT2D eigenvalue weighted by molar-refractivity contribution is -0.116. The van der Waals surface area contributed by atoms with Gasteiger partial charge in [0.05, 0.1) is 5.69 Å². The van der Waals surface area contributed by atoms with Gasteiger partial charge in [-0.15, -0.1) is 0 Å². The number of hydrogen-bond acceptors (Lipinski definition) is 4. The molecule has 1 aromatic heterocycles. The Balaban J connectivity index is 2.36. The second-order valence-electron chi connectivity index (χ2n) is 4.33. The molecular weight excluding hydrogens is 228 g/mol. The summed E-state index contributed by atoms with van der Waals surface area (Å²) in [6.45, 7) is 6.81. The van der Waals surface area contributed by atoms with Gasteiger partial charge in [-0.1, -0.05) is 5.57 Å². The number of rotatable bonds is 5. The quantitative estimate of drug-likeness (QED) is 0.544. The van der Waals surface area contributed by atoms with Gasteiger partial charge in [-0.2, -0.15) is 0 Å². The van der Waals surface area contributed by atoms with Gasteiger partial charge in [0.25, 0.3) is 0 Å². The highest BCUT2D eigenvalue weighted by Crippen LogP contribution is 2.17. The zero-order chi connectivity index (χ0) is 13.5. The van der Waals surface area contributed by atoms with Crippen LogP contribution in [0.4, 0.5) is 11.5 Å². The van der Waals surface area contributed by atoms with Gasteiger partial charge in [-0.05, 0) is 32.4 Å². The highest BCUT2D eigenvalue weighted by Gasteiger charge is 2.02. The number of aromatic nitrogens is 1. The molecule has 98 valence electrons. The van der Waals surface area contributed by atoms with Crippen molar-refractivity contribution in [2.24, 2.45) is 0 Å². The van der Waals surface area contributed by atoms with Gasteiger partial charge in [-0.3, -0.25) is 4.79 Å². The lowest BCUT2D eigenvalue weighted by Gasteiger charge is -2.09. The fourth-order valence-electron chi connectivity index (χ4n) is 1.39. The van der Waals surface area contributed by atoms with Crippen molar-refractivity contribution in [3.8, 4) is 0 Å². The number of allylic oxidation sites excluding steroid dienone is 1. The van der Waals surface area contributed by atoms with Crippen LogP contribution in [0.25, 0.3) is 0 Å². The van der Waals surface area contributed by atoms with Crippen molar-refractivity contribution in [2.75, 3.05) is 24.1 Å². The van der Waals surface area contributed by atoms with E-state index in [1.54, 1.807) is 12.3 Å². The maximum absolute atomic E-state index is 11.3. The lowest BCUT2D eigenvalue weighted by Crippen LogP contribution is -2.27. The smallest absolute Gasteiger partial charge is 0.243 e. The second-order valence-corrected chi connectivity index (χ2v) is 4.33. The van der Waals surface area contributed by atoms with Crippen LogP contribution < -0.4 is 16.4 Å². The molecule has 0 aliphatic carbocycles. The van der Waals surface area contributed by atoms with Crippen molar-refractivity contribution in [3.63, 3.8) is 0 Å². The van der Waals surface area contributed by atoms with E-state index < -0.39 is 0 Å². The first kappa shape index (κ1) is 14.0. The van der Waals surface area contributed by atoms with E-state index in [2.05, 4.69) is 15.6 Å². The van der Waals surface area contributed by atoms with E-state index in [1.165, 1.54) is 0 Å². The topological polar surface area (TPSA) is 80.0 Å². The first-order valence-corrected chi connectivity index (χ1v) is 5.88. The molecule has 0 atom stereocenters. The summed E-state index contributed by atoms with van der Waals surface area (Å²) in [5.74, 6) is 0.577. The zero-order valence-corrected chi connectivity index (χ0v) is 11.1. The molecule has 18 heavy (non-hydrogen) atoms. The van der Waals surface area contributed by atoms with Gasteiger partial charge >= 0.3 is 0 Å². The molecule has 1 heterocycles. The van der Waals surface area contributed by atoms with Gasteiger partial charge in [0, 0.05) is 25.4 Å². The fourth-order valence-corrected chi connectivity index (χ4v) is 1.39. The van der Waals surface area contributed by atoms with Crippen molar-refractivity contribution in [3.05, 3.63) is 29.5 Å². The van der Waals surface area contributed by atoms with E-state index in [9.17, 15) is 4.79 Å². The average Bonchev–Trinajstić information content (AvgIpc) is 2.29. The molecule has 4 N–H and O–H groups in total. The van der Waals surface area contributed by atoms with E-state index >= 15 is 0 Å². The van der Waals surface area contributed by atoms with Crippen molar-refractivity contribution in [1.82, 2.24) is 10.3 Å². The predicted molar refractivity (Wildman–Crippen MR) is 74.3 cm³/mol. The van der Waals surface area contributed by atoms with E-state index in [4.69, 9.17) is 5.73 Å². The molecule has 0 bridgehead atoms. The van der Waals surface area contributed by atoms with Gasteiger partial charge in [-0.25, -0.2) is 4.98 Å². The third-order valence-electron chi connectivity index (χ3n) is 2.34. The monoisotopic (exact) mass is 248 g/mol. The van der Waals surface area contributed by atoms with Gasteiger partial charge in [0.15, 0.2) is 0 Å². The van der Waals surface area contributed by atoms with Crippen LogP contribution in [-0.4, -0.2) is 24.0 Å². The molecule has 0 aliphatic heterocycles. The number of nitrogens with two attached hydrogens (primary N) is 1. The molecule has 0 aromatic carbocycles. The number of carbonyl (C=O) groups is 1. The number of anilines is 2. The maximum atomic E-state index is 11.3. The molecule has 0 fully saturated rings. The van der Waals surface area contributed by atoms with E-state index in [0.717, 1.165) is 11.1 Å². The normalized spacial score (nSPS) is 9.72. The van der Waals surface area contributed by atoms with Gasteiger partial charge < -0.3 is 16.4 Å². The Labute approximate surface area is 107 Å². The lowest BCUT2D eigenvalue weighted by atomic mass is 10.2. The molecule has 0 radical (unpaired) electrons. The largest absolute Gasteiger partial charge is 0.396 e. The maximum Gasteiger partial charge on any atom is 0.243 e. The molecule has 1 rings (SSSR count). The molecule has 0 spiro atoms. The highest BCUT2D eigenvalue weighted by molar-refractivity contribution is 5.88. The Kier molecular flexibility index (Phi) is 5.17. The molecule has 5 heteroatoms. The van der Waals surface area contributed by atoms with E-state index in [1.807, 2.05) is 26.8 Å². The minimum absolute atomic E-state index is 0.0815. The summed E-state index contributed by atoms with van der Waals surface area (Å²) in [5.41, 5.74) is 8.48. The summed E-state index contributed by atoms with van der Waals surface area (Å²) in [4.78, 5) is 15.5. The zero-order valence-electron chi connectivity index (χ0n) is 11.1. The summed E-state index contributed by atoms with van der Waals surface area (Å²) in [6, 6.07) is 1.86. The van der Waals surface area contributed by atoms with Crippen LogP contribution in [0, 0.1) is 6.92 Å². The fraction of sp³-hybridized carbons (Fsp3) is 0.385. The van der Waals surface area contributed by atoms with Crippen molar-refractivity contribution in [1.29, 1.82) is 0 Å². The molecule has 0 unspecified atom stereocenters. The van der Waals surface area contributed by atoms with Crippen LogP contribution >= 0.6 is 0 Å². The number of carbonyl (C=O) groups excluding carboxylic acids is 1. The second kappa shape index (κ2) is 6.64. The minimum atomic E-state index is -0.0815. The third kappa shape index (κ3) is 4.45. The number of nitrogens with one attached hydrogen (secondary N) is 2. The summed E-state index contributed by atoms with van der Waals surface area (Å²) < 4.78 is 0. The molecule has 0 saturated heterocycles. The number of aryl methyl sites for hydroxylation is 1. The van der Waals surface area contributed by atoms with Crippen LogP contribution in [0.15, 0.2) is 23.9 Å². The van der Waals surface area contributed by atoms with E-state index in [0.29, 0.717) is 24.6 Å². The summed E-state index contributed by atoms with van der Waals surface area (Å²) in [6.07, 6.45) is 3.27. The van der Waals surface area contributed by atoms with Crippen LogP contribution in [-0.2, 0) is 4.79 Å². The minimum Gasteiger partial charge on any atom is -0.396 e. The molecule has 5 nitrogen and oxygen atoms in total. The summed E-state index contributed by atoms with van der Waals surface area (Å²) in [5, 5.41) is 5.86. The highest BCUT2D eigenvalue weighted by atomic mass is 16.1. The van der Waals surface area contributed by atoms with Crippen LogP contribution in [0.2, 0.25) is 0 Å². The number of hydrogen-bond donors (Lipinski definition) is 3. The van der Waals surface area contributed by atoms with Crippen molar-refractivity contribution >= 4 is 17.4 Å². The Bertz CT molecular complexity index is 450. The van der Waals surface area contributed by atoms with Crippen molar-refractivity contribution in [2.45, 2.75) is 20.8 Å². The Morgan fingerprint density at radius 3 is 2.83 bits per heavy atom. The van der Waals surface area contributed by atoms with Gasteiger partial charge in [0.1, 0.15) is 5.82 Å². The predicted octanol–water partition coefficient (Wildman–Crippen LogP) is 1.47. The third-order valence-corrected chi connectivity index (χ3v) is 2.34. The van der Waals surface area contributed by atoms with Crippen LogP contribution in [0.1, 0.15) is 19.4 Å². The van der Waals surface area contributed by atoms with Crippen molar-refractivity contribution < 1.29 is 4.79 Å². The first-order valence-electron chi connectivity index (χ1n) is 5.88. The molecule has 0 aliphatic rings. The Morgan fingerprint density at radius 2 is 2.17 bits per heavy atom. The number of pyridine rings is 1. The molecular formula is C13H20N4O. The molecule has 1 aromatic rings. The Hall–Kier alpha value is -2.04. The SMILES string of the molecule is CC(C)=CC(=O)NCCNc1nccc(C)c1N. The van der Waals surface area contributed by atoms with Crippen LogP contribution in [0.3, 0.4) is 0 Å². The molecule has 0 saturated carbocycles. The first-order chi connectivity index (χ1) is 8.50. The number of nitrogen functional groups attached to an aromatic ring is 1. The van der Waals surface area contributed by atoms with Gasteiger partial charge in [0.2, 0.25) is 5.91 Å². The Morgan fingerprint density at radius 1 is 1.44 bits per heavy atom. The standard InChI is InChI=1S/C13H20N4O/c1-9(2)8-11(18)15-6-7-17-13-12(14)10(3)4-5-16-13/h4-5,8H,6-7,14H2,1-3H3,(H,15,18)(H,16,17). The van der Waals surface area contributed by atoms with Crippen LogP contribution in [0.5, 0.6) is 0 Å². The summed E-state index contributed by atoms with van der Waals surface area (Å²) in [7, 11) is 0. The average molecular weight is 248 g/mol.